The van der Waals surface area contributed by atoms with Gasteiger partial charge in [-0.1, -0.05) is 13.3 Å². The third-order valence-electron chi connectivity index (χ3n) is 3.11. The van der Waals surface area contributed by atoms with Gasteiger partial charge in [-0.15, -0.1) is 0 Å². The van der Waals surface area contributed by atoms with Crippen molar-refractivity contribution >= 4 is 5.69 Å². The van der Waals surface area contributed by atoms with Crippen molar-refractivity contribution in [3.05, 3.63) is 12.4 Å². The number of aromatic nitrogens is 2. The highest BCUT2D eigenvalue weighted by atomic mass is 16.3. The normalized spacial score (nSPS) is 17.4. The third kappa shape index (κ3) is 2.98. The van der Waals surface area contributed by atoms with Gasteiger partial charge in [-0.05, 0) is 25.2 Å². The first-order valence-corrected chi connectivity index (χ1v) is 6.23. The Bertz CT molecular complexity index is 320. The van der Waals surface area contributed by atoms with Gasteiger partial charge in [0, 0.05) is 12.2 Å². The predicted octanol–water partition coefficient (Wildman–Crippen LogP) is 1.87. The summed E-state index contributed by atoms with van der Waals surface area (Å²) in [4.78, 5) is 0. The zero-order chi connectivity index (χ0) is 11.4. The molecule has 90 valence electrons. The minimum atomic E-state index is 0.141. The molecule has 1 saturated carbocycles. The molecule has 1 aliphatic carbocycles. The summed E-state index contributed by atoms with van der Waals surface area (Å²) in [6.45, 7) is 2.94. The Morgan fingerprint density at radius 3 is 3.06 bits per heavy atom. The zero-order valence-corrected chi connectivity index (χ0v) is 9.89. The number of aliphatic hydroxyl groups excluding tert-OH is 1. The van der Waals surface area contributed by atoms with Crippen LogP contribution in [0.3, 0.4) is 0 Å². The molecule has 16 heavy (non-hydrogen) atoms. The molecule has 1 atom stereocenters. The highest BCUT2D eigenvalue weighted by molar-refractivity contribution is 5.39. The second kappa shape index (κ2) is 5.34. The van der Waals surface area contributed by atoms with E-state index >= 15 is 0 Å². The summed E-state index contributed by atoms with van der Waals surface area (Å²) in [6, 6.07) is 0.608. The lowest BCUT2D eigenvalue weighted by molar-refractivity contribution is 0.269. The van der Waals surface area contributed by atoms with E-state index in [0.717, 1.165) is 11.6 Å². The van der Waals surface area contributed by atoms with Crippen LogP contribution < -0.4 is 5.32 Å². The minimum Gasteiger partial charge on any atom is -0.394 e. The van der Waals surface area contributed by atoms with Gasteiger partial charge in [-0.25, -0.2) is 0 Å². The van der Waals surface area contributed by atoms with Gasteiger partial charge in [0.1, 0.15) is 0 Å². The van der Waals surface area contributed by atoms with Gasteiger partial charge >= 0.3 is 0 Å². The molecule has 2 N–H and O–H groups in total. The van der Waals surface area contributed by atoms with E-state index in [1.807, 2.05) is 12.4 Å². The number of aliphatic hydroxyl groups is 1. The molecule has 4 heteroatoms. The molecule has 0 radical (unpaired) electrons. The van der Waals surface area contributed by atoms with Crippen molar-refractivity contribution in [2.45, 2.75) is 45.2 Å². The molecule has 0 bridgehead atoms. The van der Waals surface area contributed by atoms with Gasteiger partial charge in [-0.3, -0.25) is 4.68 Å². The maximum absolute atomic E-state index is 8.81. The Morgan fingerprint density at radius 2 is 2.44 bits per heavy atom. The van der Waals surface area contributed by atoms with E-state index < -0.39 is 0 Å². The van der Waals surface area contributed by atoms with Crippen LogP contribution in [0.2, 0.25) is 0 Å². The van der Waals surface area contributed by atoms with Crippen molar-refractivity contribution in [2.75, 3.05) is 11.9 Å². The van der Waals surface area contributed by atoms with Crippen LogP contribution in [0.5, 0.6) is 0 Å². The van der Waals surface area contributed by atoms with Gasteiger partial charge in [0.2, 0.25) is 0 Å². The predicted molar refractivity (Wildman–Crippen MR) is 64.4 cm³/mol. The molecule has 1 unspecified atom stereocenters. The van der Waals surface area contributed by atoms with Crippen LogP contribution in [0.25, 0.3) is 0 Å². The molecule has 1 fully saturated rings. The van der Waals surface area contributed by atoms with Gasteiger partial charge in [-0.2, -0.15) is 5.10 Å². The average molecular weight is 223 g/mol. The van der Waals surface area contributed by atoms with E-state index in [0.29, 0.717) is 12.6 Å². The highest BCUT2D eigenvalue weighted by Gasteiger charge is 2.30. The van der Waals surface area contributed by atoms with Crippen molar-refractivity contribution in [1.29, 1.82) is 0 Å². The maximum Gasteiger partial charge on any atom is 0.0728 e. The van der Waals surface area contributed by atoms with Crippen LogP contribution in [0.15, 0.2) is 12.4 Å². The fraction of sp³-hybridized carbons (Fsp3) is 0.750. The smallest absolute Gasteiger partial charge is 0.0728 e. The number of nitrogens with zero attached hydrogens (tertiary/aromatic N) is 2. The number of nitrogens with one attached hydrogen (secondary N) is 1. The number of hydrogen-bond donors (Lipinski definition) is 2. The molecule has 1 aromatic rings. The van der Waals surface area contributed by atoms with Gasteiger partial charge in [0.05, 0.1) is 25.0 Å². The van der Waals surface area contributed by atoms with E-state index in [9.17, 15) is 0 Å². The lowest BCUT2D eigenvalue weighted by Gasteiger charge is -2.17. The van der Waals surface area contributed by atoms with Crippen LogP contribution in [-0.4, -0.2) is 27.5 Å². The van der Waals surface area contributed by atoms with Crippen molar-refractivity contribution < 1.29 is 5.11 Å². The number of hydrogen-bond acceptors (Lipinski definition) is 3. The fourth-order valence-electron chi connectivity index (χ4n) is 2.11. The third-order valence-corrected chi connectivity index (χ3v) is 3.11. The Morgan fingerprint density at radius 1 is 1.62 bits per heavy atom. The van der Waals surface area contributed by atoms with Gasteiger partial charge < -0.3 is 10.4 Å². The standard InChI is InChI=1S/C12H21N3O/c1-2-3-12(10-4-5-10)14-11-8-13-15(9-11)6-7-16/h8-10,12,14,16H,2-7H2,1H3. The summed E-state index contributed by atoms with van der Waals surface area (Å²) in [6.07, 6.45) is 9.00. The zero-order valence-electron chi connectivity index (χ0n) is 9.89. The molecule has 2 rings (SSSR count). The second-order valence-corrected chi connectivity index (χ2v) is 4.59. The van der Waals surface area contributed by atoms with Crippen LogP contribution in [-0.2, 0) is 6.54 Å². The first-order valence-electron chi connectivity index (χ1n) is 6.23. The van der Waals surface area contributed by atoms with Gasteiger partial charge in [0.15, 0.2) is 0 Å². The SMILES string of the molecule is CCCC(Nc1cnn(CCO)c1)C1CC1. The van der Waals surface area contributed by atoms with Crippen molar-refractivity contribution in [3.63, 3.8) is 0 Å². The molecule has 0 spiro atoms. The van der Waals surface area contributed by atoms with Gasteiger partial charge in [0.25, 0.3) is 0 Å². The molecular formula is C12H21N3O. The monoisotopic (exact) mass is 223 g/mol. The summed E-state index contributed by atoms with van der Waals surface area (Å²) in [5.74, 6) is 0.862. The molecule has 0 aliphatic heterocycles. The topological polar surface area (TPSA) is 50.1 Å². The largest absolute Gasteiger partial charge is 0.394 e. The van der Waals surface area contributed by atoms with E-state index in [1.54, 1.807) is 4.68 Å². The molecule has 1 aromatic heterocycles. The van der Waals surface area contributed by atoms with Crippen molar-refractivity contribution in [3.8, 4) is 0 Å². The minimum absolute atomic E-state index is 0.141. The second-order valence-electron chi connectivity index (χ2n) is 4.59. The van der Waals surface area contributed by atoms with E-state index in [4.69, 9.17) is 5.11 Å². The van der Waals surface area contributed by atoms with Crippen molar-refractivity contribution in [1.82, 2.24) is 9.78 Å². The molecule has 0 saturated heterocycles. The molecular weight excluding hydrogens is 202 g/mol. The van der Waals surface area contributed by atoms with E-state index in [2.05, 4.69) is 17.3 Å². The number of rotatable bonds is 7. The van der Waals surface area contributed by atoms with Crippen LogP contribution in [0, 0.1) is 5.92 Å². The average Bonchev–Trinajstić information content (AvgIpc) is 3.02. The van der Waals surface area contributed by atoms with Crippen LogP contribution >= 0.6 is 0 Å². The molecule has 1 heterocycles. The van der Waals surface area contributed by atoms with Crippen molar-refractivity contribution in [2.24, 2.45) is 5.92 Å². The maximum atomic E-state index is 8.81. The molecule has 0 aromatic carbocycles. The highest BCUT2D eigenvalue weighted by Crippen LogP contribution is 2.36. The quantitative estimate of drug-likeness (QED) is 0.742. The summed E-state index contributed by atoms with van der Waals surface area (Å²) < 4.78 is 1.78. The Kier molecular flexibility index (Phi) is 3.83. The Labute approximate surface area is 96.7 Å². The summed E-state index contributed by atoms with van der Waals surface area (Å²) in [5.41, 5.74) is 1.08. The summed E-state index contributed by atoms with van der Waals surface area (Å²) in [7, 11) is 0. The van der Waals surface area contributed by atoms with E-state index in [1.165, 1.54) is 25.7 Å². The molecule has 1 aliphatic rings. The van der Waals surface area contributed by atoms with Crippen LogP contribution in [0.4, 0.5) is 5.69 Å². The summed E-state index contributed by atoms with van der Waals surface area (Å²) in [5, 5.41) is 16.6. The Hall–Kier alpha value is -1.03. The lowest BCUT2D eigenvalue weighted by Crippen LogP contribution is -2.21. The number of anilines is 1. The Balaban J connectivity index is 1.89. The summed E-state index contributed by atoms with van der Waals surface area (Å²) >= 11 is 0. The van der Waals surface area contributed by atoms with Crippen LogP contribution in [0.1, 0.15) is 32.6 Å². The first-order chi connectivity index (χ1) is 7.83. The molecule has 0 amide bonds. The first kappa shape index (κ1) is 11.5. The fourth-order valence-corrected chi connectivity index (χ4v) is 2.11. The van der Waals surface area contributed by atoms with E-state index in [-0.39, 0.29) is 6.61 Å². The lowest BCUT2D eigenvalue weighted by atomic mass is 10.1. The molecule has 4 nitrogen and oxygen atoms in total.